The van der Waals surface area contributed by atoms with E-state index in [0.717, 1.165) is 0 Å². The van der Waals surface area contributed by atoms with Crippen molar-refractivity contribution in [2.45, 2.75) is 15.2 Å². The lowest BCUT2D eigenvalue weighted by Crippen LogP contribution is -2.31. The standard InChI is InChI=1S/C9H5ClF3NO2S2/c10-7(9(11,12)13)18(15,16)8-14-5-3-1-2-4-6(5)17-8/h1-4,7H. The maximum Gasteiger partial charge on any atom is 0.419 e. The fourth-order valence-electron chi connectivity index (χ4n) is 1.24. The Hall–Kier alpha value is -0.860. The molecule has 0 bridgehead atoms. The van der Waals surface area contributed by atoms with E-state index in [1.165, 1.54) is 6.07 Å². The van der Waals surface area contributed by atoms with Gasteiger partial charge < -0.3 is 0 Å². The van der Waals surface area contributed by atoms with E-state index in [9.17, 15) is 21.6 Å². The predicted octanol–water partition coefficient (Wildman–Crippen LogP) is 3.20. The Bertz CT molecular complexity index is 647. The summed E-state index contributed by atoms with van der Waals surface area (Å²) in [4.78, 5) is 3.67. The van der Waals surface area contributed by atoms with E-state index in [-0.39, 0.29) is 0 Å². The number of nitrogens with zero attached hydrogens (tertiary/aromatic N) is 1. The average molecular weight is 316 g/mol. The third-order valence-corrected chi connectivity index (χ3v) is 6.17. The molecule has 0 spiro atoms. The molecule has 1 aromatic heterocycles. The summed E-state index contributed by atoms with van der Waals surface area (Å²) < 4.78 is 57.2. The van der Waals surface area contributed by atoms with Crippen LogP contribution in [0.4, 0.5) is 13.2 Å². The van der Waals surface area contributed by atoms with Crippen molar-refractivity contribution in [2.24, 2.45) is 0 Å². The van der Waals surface area contributed by atoms with Gasteiger partial charge in [-0.1, -0.05) is 23.7 Å². The maximum absolute atomic E-state index is 12.4. The van der Waals surface area contributed by atoms with E-state index in [0.29, 0.717) is 21.6 Å². The van der Waals surface area contributed by atoms with E-state index in [1.807, 2.05) is 0 Å². The summed E-state index contributed by atoms with van der Waals surface area (Å²) in [5.74, 6) is 0. The second-order valence-corrected chi connectivity index (χ2v) is 7.28. The van der Waals surface area contributed by atoms with Crippen LogP contribution in [0.2, 0.25) is 0 Å². The molecular formula is C9H5ClF3NO2S2. The van der Waals surface area contributed by atoms with E-state index in [2.05, 4.69) is 4.98 Å². The SMILES string of the molecule is O=S(=O)(c1nc2ccccc2s1)C(Cl)C(F)(F)F. The van der Waals surface area contributed by atoms with Crippen LogP contribution in [0.25, 0.3) is 10.2 Å². The zero-order valence-electron chi connectivity index (χ0n) is 8.48. The van der Waals surface area contributed by atoms with Crippen molar-refractivity contribution in [3.05, 3.63) is 24.3 Å². The molecule has 0 saturated heterocycles. The van der Waals surface area contributed by atoms with Crippen molar-refractivity contribution in [3.63, 3.8) is 0 Å². The first kappa shape index (κ1) is 13.6. The van der Waals surface area contributed by atoms with Gasteiger partial charge in [0, 0.05) is 0 Å². The summed E-state index contributed by atoms with van der Waals surface area (Å²) in [5.41, 5.74) is 0.326. The molecule has 0 radical (unpaired) electrons. The summed E-state index contributed by atoms with van der Waals surface area (Å²) in [6.07, 6.45) is -5.03. The summed E-state index contributed by atoms with van der Waals surface area (Å²) in [5, 5.41) is 0. The summed E-state index contributed by atoms with van der Waals surface area (Å²) in [6.45, 7) is 0. The Morgan fingerprint density at radius 2 is 1.89 bits per heavy atom. The van der Waals surface area contributed by atoms with E-state index in [1.54, 1.807) is 18.2 Å². The lowest BCUT2D eigenvalue weighted by Gasteiger charge is -2.11. The summed E-state index contributed by atoms with van der Waals surface area (Å²) >= 11 is 5.63. The molecule has 0 amide bonds. The van der Waals surface area contributed by atoms with Gasteiger partial charge in [-0.25, -0.2) is 13.4 Å². The number of hydrogen-bond donors (Lipinski definition) is 0. The fourth-order valence-corrected chi connectivity index (χ4v) is 4.12. The Labute approximate surface area is 109 Å². The molecule has 98 valence electrons. The lowest BCUT2D eigenvalue weighted by molar-refractivity contribution is -0.115. The molecule has 2 aromatic rings. The molecule has 0 aliphatic heterocycles. The van der Waals surface area contributed by atoms with Gasteiger partial charge in [0.15, 0.2) is 0 Å². The first-order chi connectivity index (χ1) is 8.23. The van der Waals surface area contributed by atoms with Crippen LogP contribution >= 0.6 is 22.9 Å². The molecule has 3 nitrogen and oxygen atoms in total. The Kier molecular flexibility index (Phi) is 3.28. The van der Waals surface area contributed by atoms with E-state index in [4.69, 9.17) is 11.6 Å². The highest BCUT2D eigenvalue weighted by atomic mass is 35.5. The molecule has 18 heavy (non-hydrogen) atoms. The van der Waals surface area contributed by atoms with Crippen LogP contribution < -0.4 is 0 Å². The van der Waals surface area contributed by atoms with Gasteiger partial charge in [0.1, 0.15) is 0 Å². The molecular weight excluding hydrogens is 311 g/mol. The number of aromatic nitrogens is 1. The molecule has 1 heterocycles. The van der Waals surface area contributed by atoms with Crippen LogP contribution in [0.3, 0.4) is 0 Å². The average Bonchev–Trinajstić information content (AvgIpc) is 2.70. The highest BCUT2D eigenvalue weighted by Gasteiger charge is 2.49. The quantitative estimate of drug-likeness (QED) is 0.800. The van der Waals surface area contributed by atoms with E-state index >= 15 is 0 Å². The number of sulfone groups is 1. The largest absolute Gasteiger partial charge is 0.419 e. The molecule has 0 N–H and O–H groups in total. The van der Waals surface area contributed by atoms with Crippen molar-refractivity contribution in [1.29, 1.82) is 0 Å². The second-order valence-electron chi connectivity index (χ2n) is 3.35. The minimum Gasteiger partial charge on any atom is -0.225 e. The van der Waals surface area contributed by atoms with Gasteiger partial charge in [-0.15, -0.1) is 11.3 Å². The van der Waals surface area contributed by atoms with Gasteiger partial charge in [0.2, 0.25) is 18.9 Å². The monoisotopic (exact) mass is 315 g/mol. The maximum atomic E-state index is 12.4. The lowest BCUT2D eigenvalue weighted by atomic mass is 10.3. The number of para-hydroxylation sites is 1. The Morgan fingerprint density at radius 3 is 2.44 bits per heavy atom. The van der Waals surface area contributed by atoms with Crippen molar-refractivity contribution in [1.82, 2.24) is 4.98 Å². The molecule has 0 fully saturated rings. The number of rotatable bonds is 2. The van der Waals surface area contributed by atoms with Crippen molar-refractivity contribution in [2.75, 3.05) is 0 Å². The predicted molar refractivity (Wildman–Crippen MR) is 62.5 cm³/mol. The van der Waals surface area contributed by atoms with Gasteiger partial charge in [0.25, 0.3) is 0 Å². The van der Waals surface area contributed by atoms with Crippen molar-refractivity contribution < 1.29 is 21.6 Å². The Morgan fingerprint density at radius 1 is 1.28 bits per heavy atom. The molecule has 2 rings (SSSR count). The van der Waals surface area contributed by atoms with Crippen LogP contribution in [0, 0.1) is 0 Å². The minimum atomic E-state index is -5.03. The number of thiazole rings is 1. The van der Waals surface area contributed by atoms with Crippen molar-refractivity contribution in [3.8, 4) is 0 Å². The zero-order valence-corrected chi connectivity index (χ0v) is 10.9. The normalized spacial score (nSPS) is 14.9. The first-order valence-corrected chi connectivity index (χ1v) is 7.33. The van der Waals surface area contributed by atoms with Gasteiger partial charge in [-0.2, -0.15) is 13.2 Å². The van der Waals surface area contributed by atoms with Crippen LogP contribution in [0.1, 0.15) is 0 Å². The zero-order chi connectivity index (χ0) is 13.6. The van der Waals surface area contributed by atoms with Crippen LogP contribution in [0.5, 0.6) is 0 Å². The summed E-state index contributed by atoms with van der Waals surface area (Å²) in [6, 6.07) is 6.34. The van der Waals surface area contributed by atoms with Gasteiger partial charge >= 0.3 is 6.18 Å². The first-order valence-electron chi connectivity index (χ1n) is 4.53. The molecule has 0 aliphatic rings. The molecule has 1 atom stereocenters. The van der Waals surface area contributed by atoms with Crippen LogP contribution in [-0.4, -0.2) is 24.3 Å². The smallest absolute Gasteiger partial charge is 0.225 e. The Balaban J connectivity index is 2.54. The highest BCUT2D eigenvalue weighted by Crippen LogP contribution is 2.35. The second kappa shape index (κ2) is 4.36. The van der Waals surface area contributed by atoms with Gasteiger partial charge in [0.05, 0.1) is 10.2 Å². The number of halogens is 4. The molecule has 1 unspecified atom stereocenters. The molecule has 0 aliphatic carbocycles. The number of hydrogen-bond acceptors (Lipinski definition) is 4. The number of benzene rings is 1. The highest BCUT2D eigenvalue weighted by molar-refractivity contribution is 7.95. The fraction of sp³-hybridized carbons (Fsp3) is 0.222. The third-order valence-electron chi connectivity index (χ3n) is 2.05. The molecule has 1 aromatic carbocycles. The van der Waals surface area contributed by atoms with Crippen LogP contribution in [0.15, 0.2) is 28.6 Å². The number of fused-ring (bicyclic) bond motifs is 1. The topological polar surface area (TPSA) is 47.0 Å². The van der Waals surface area contributed by atoms with Crippen molar-refractivity contribution >= 4 is 43.0 Å². The van der Waals surface area contributed by atoms with Gasteiger partial charge in [-0.3, -0.25) is 0 Å². The minimum absolute atomic E-state index is 0.326. The third kappa shape index (κ3) is 2.32. The summed E-state index contributed by atoms with van der Waals surface area (Å²) in [7, 11) is -4.71. The molecule has 9 heteroatoms. The van der Waals surface area contributed by atoms with Gasteiger partial charge in [-0.05, 0) is 12.1 Å². The van der Waals surface area contributed by atoms with E-state index < -0.39 is 25.1 Å². The number of alkyl halides is 4. The molecule has 0 saturated carbocycles. The van der Waals surface area contributed by atoms with Crippen LogP contribution in [-0.2, 0) is 9.84 Å².